The van der Waals surface area contributed by atoms with Gasteiger partial charge in [-0.05, 0) is 12.1 Å². The molecule has 1 aliphatic heterocycles. The van der Waals surface area contributed by atoms with Crippen LogP contribution in [0, 0.1) is 10.1 Å². The maximum absolute atomic E-state index is 12.5. The topological polar surface area (TPSA) is 113 Å². The predicted octanol–water partition coefficient (Wildman–Crippen LogP) is 0.283. The Kier molecular flexibility index (Phi) is 3.93. The van der Waals surface area contributed by atoms with Crippen LogP contribution in [0.3, 0.4) is 0 Å². The molecule has 0 spiro atoms. The van der Waals surface area contributed by atoms with Gasteiger partial charge >= 0.3 is 5.69 Å². The Labute approximate surface area is 116 Å². The lowest BCUT2D eigenvalue weighted by atomic mass is 10.2. The average molecular weight is 301 g/mol. The van der Waals surface area contributed by atoms with Gasteiger partial charge in [0.2, 0.25) is 10.0 Å². The van der Waals surface area contributed by atoms with E-state index in [0.29, 0.717) is 13.1 Å². The number of phenolic OH excluding ortho intramolecular Hbond substituents is 1. The number of sulfonamides is 1. The Morgan fingerprint density at radius 3 is 2.60 bits per heavy atom. The summed E-state index contributed by atoms with van der Waals surface area (Å²) in [5.41, 5.74) is -0.617. The number of nitro groups is 1. The fraction of sp³-hybridized carbons (Fsp3) is 0.455. The molecule has 2 N–H and O–H groups in total. The average Bonchev–Trinajstić information content (AvgIpc) is 2.33. The first-order valence-electron chi connectivity index (χ1n) is 6.08. The molecular weight excluding hydrogens is 286 g/mol. The van der Waals surface area contributed by atoms with E-state index in [1.54, 1.807) is 6.92 Å². The molecule has 1 aliphatic rings. The molecule has 0 aromatic heterocycles. The van der Waals surface area contributed by atoms with Crippen molar-refractivity contribution >= 4 is 15.7 Å². The van der Waals surface area contributed by atoms with E-state index in [4.69, 9.17) is 0 Å². The second kappa shape index (κ2) is 5.35. The maximum atomic E-state index is 12.5. The van der Waals surface area contributed by atoms with E-state index in [-0.39, 0.29) is 17.5 Å². The molecule has 0 bridgehead atoms. The summed E-state index contributed by atoms with van der Waals surface area (Å²) in [7, 11) is -3.81. The molecule has 1 aromatic carbocycles. The second-order valence-corrected chi connectivity index (χ2v) is 6.32. The number of phenols is 1. The summed E-state index contributed by atoms with van der Waals surface area (Å²) in [6.45, 7) is 3.12. The van der Waals surface area contributed by atoms with Crippen molar-refractivity contribution < 1.29 is 18.4 Å². The number of likely N-dealkylation sites (N-methyl/N-ethyl adjacent to an activating group) is 1. The highest BCUT2D eigenvalue weighted by Crippen LogP contribution is 2.30. The van der Waals surface area contributed by atoms with Crippen molar-refractivity contribution in [2.75, 3.05) is 19.6 Å². The first-order chi connectivity index (χ1) is 9.37. The fourth-order valence-corrected chi connectivity index (χ4v) is 3.70. The summed E-state index contributed by atoms with van der Waals surface area (Å²) < 4.78 is 26.3. The smallest absolute Gasteiger partial charge is 0.312 e. The van der Waals surface area contributed by atoms with Crippen LogP contribution in [0.5, 0.6) is 5.75 Å². The monoisotopic (exact) mass is 301 g/mol. The van der Waals surface area contributed by atoms with E-state index in [0.717, 1.165) is 12.1 Å². The highest BCUT2D eigenvalue weighted by Gasteiger charge is 2.34. The lowest BCUT2D eigenvalue weighted by Gasteiger charge is -2.36. The van der Waals surface area contributed by atoms with E-state index in [1.165, 1.54) is 10.4 Å². The molecule has 9 heteroatoms. The zero-order valence-electron chi connectivity index (χ0n) is 10.8. The van der Waals surface area contributed by atoms with E-state index in [2.05, 4.69) is 5.32 Å². The highest BCUT2D eigenvalue weighted by atomic mass is 32.2. The summed E-state index contributed by atoms with van der Waals surface area (Å²) in [5, 5.41) is 23.1. The van der Waals surface area contributed by atoms with Gasteiger partial charge in [0.25, 0.3) is 0 Å². The number of hydrogen-bond donors (Lipinski definition) is 2. The molecule has 20 heavy (non-hydrogen) atoms. The summed E-state index contributed by atoms with van der Waals surface area (Å²) >= 11 is 0. The number of hydrogen-bond acceptors (Lipinski definition) is 6. The summed E-state index contributed by atoms with van der Waals surface area (Å²) in [5.74, 6) is -0.553. The van der Waals surface area contributed by atoms with Crippen molar-refractivity contribution in [2.24, 2.45) is 0 Å². The van der Waals surface area contributed by atoms with Crippen LogP contribution in [0.2, 0.25) is 0 Å². The minimum absolute atomic E-state index is 0.141. The molecule has 0 unspecified atom stereocenters. The Hall–Kier alpha value is -1.71. The van der Waals surface area contributed by atoms with Crippen molar-refractivity contribution in [3.05, 3.63) is 28.3 Å². The molecule has 1 saturated heterocycles. The summed E-state index contributed by atoms with van der Waals surface area (Å²) in [6, 6.07) is 2.95. The SMILES string of the molecule is CCN(C1CNC1)S(=O)(=O)c1ccc(O)c([N+](=O)[O-])c1. The van der Waals surface area contributed by atoms with Gasteiger partial charge in [0.15, 0.2) is 5.75 Å². The number of nitrogens with zero attached hydrogens (tertiary/aromatic N) is 2. The van der Waals surface area contributed by atoms with E-state index < -0.39 is 26.4 Å². The lowest BCUT2D eigenvalue weighted by Crippen LogP contribution is -2.58. The van der Waals surface area contributed by atoms with Crippen LogP contribution >= 0.6 is 0 Å². The Morgan fingerprint density at radius 1 is 1.50 bits per heavy atom. The number of rotatable bonds is 5. The molecule has 1 aromatic rings. The zero-order valence-corrected chi connectivity index (χ0v) is 11.6. The Morgan fingerprint density at radius 2 is 2.15 bits per heavy atom. The summed E-state index contributed by atoms with van der Waals surface area (Å²) in [6.07, 6.45) is 0. The van der Waals surface area contributed by atoms with Crippen LogP contribution in [0.15, 0.2) is 23.1 Å². The van der Waals surface area contributed by atoms with Gasteiger partial charge in [-0.1, -0.05) is 6.92 Å². The van der Waals surface area contributed by atoms with E-state index in [9.17, 15) is 23.6 Å². The quantitative estimate of drug-likeness (QED) is 0.597. The number of nitro benzene ring substituents is 1. The normalized spacial score (nSPS) is 16.1. The van der Waals surface area contributed by atoms with E-state index >= 15 is 0 Å². The molecule has 1 heterocycles. The highest BCUT2D eigenvalue weighted by molar-refractivity contribution is 7.89. The van der Waals surface area contributed by atoms with Crippen LogP contribution in [0.1, 0.15) is 6.92 Å². The lowest BCUT2D eigenvalue weighted by molar-refractivity contribution is -0.386. The fourth-order valence-electron chi connectivity index (χ4n) is 2.05. The van der Waals surface area contributed by atoms with Crippen LogP contribution in [-0.4, -0.2) is 48.4 Å². The third-order valence-electron chi connectivity index (χ3n) is 3.23. The first-order valence-corrected chi connectivity index (χ1v) is 7.52. The molecule has 1 fully saturated rings. The van der Waals surface area contributed by atoms with Crippen molar-refractivity contribution in [3.63, 3.8) is 0 Å². The molecule has 8 nitrogen and oxygen atoms in total. The second-order valence-electron chi connectivity index (χ2n) is 4.43. The first kappa shape index (κ1) is 14.7. The van der Waals surface area contributed by atoms with Crippen molar-refractivity contribution in [1.29, 1.82) is 0 Å². The molecule has 0 atom stereocenters. The van der Waals surface area contributed by atoms with Crippen LogP contribution in [0.25, 0.3) is 0 Å². The third-order valence-corrected chi connectivity index (χ3v) is 5.25. The zero-order chi connectivity index (χ0) is 14.9. The third kappa shape index (κ3) is 2.47. The minimum Gasteiger partial charge on any atom is -0.502 e. The maximum Gasteiger partial charge on any atom is 0.312 e. The van der Waals surface area contributed by atoms with Gasteiger partial charge in [0, 0.05) is 31.7 Å². The van der Waals surface area contributed by atoms with E-state index in [1.807, 2.05) is 0 Å². The van der Waals surface area contributed by atoms with Crippen LogP contribution in [-0.2, 0) is 10.0 Å². The predicted molar refractivity (Wildman–Crippen MR) is 71.0 cm³/mol. The van der Waals surface area contributed by atoms with Gasteiger partial charge < -0.3 is 10.4 Å². The molecule has 0 radical (unpaired) electrons. The number of nitrogens with one attached hydrogen (secondary N) is 1. The molecule has 110 valence electrons. The number of benzene rings is 1. The largest absolute Gasteiger partial charge is 0.502 e. The van der Waals surface area contributed by atoms with Gasteiger partial charge in [-0.15, -0.1) is 0 Å². The Bertz CT molecular complexity index is 627. The van der Waals surface area contributed by atoms with Crippen molar-refractivity contribution in [1.82, 2.24) is 9.62 Å². The van der Waals surface area contributed by atoms with Crippen molar-refractivity contribution in [2.45, 2.75) is 17.9 Å². The van der Waals surface area contributed by atoms with Gasteiger partial charge in [-0.2, -0.15) is 4.31 Å². The standard InChI is InChI=1S/C11H15N3O5S/c1-2-13(8-6-12-7-8)20(18,19)9-3-4-11(15)10(5-9)14(16)17/h3-5,8,12,15H,2,6-7H2,1H3. The van der Waals surface area contributed by atoms with Crippen molar-refractivity contribution in [3.8, 4) is 5.75 Å². The number of aromatic hydroxyl groups is 1. The molecule has 2 rings (SSSR count). The molecule has 0 aliphatic carbocycles. The van der Waals surface area contributed by atoms with Gasteiger partial charge in [-0.25, -0.2) is 8.42 Å². The van der Waals surface area contributed by atoms with Gasteiger partial charge in [-0.3, -0.25) is 10.1 Å². The van der Waals surface area contributed by atoms with Gasteiger partial charge in [0.1, 0.15) is 0 Å². The molecular formula is C11H15N3O5S. The van der Waals surface area contributed by atoms with Gasteiger partial charge in [0.05, 0.1) is 9.82 Å². The Balaban J connectivity index is 2.43. The van der Waals surface area contributed by atoms with Crippen LogP contribution in [0.4, 0.5) is 5.69 Å². The minimum atomic E-state index is -3.81. The van der Waals surface area contributed by atoms with Crippen LogP contribution < -0.4 is 5.32 Å². The summed E-state index contributed by atoms with van der Waals surface area (Å²) in [4.78, 5) is 9.77. The molecule has 0 amide bonds. The molecule has 0 saturated carbocycles.